The fraction of sp³-hybridized carbons (Fsp3) is 0.625. The van der Waals surface area contributed by atoms with Gasteiger partial charge in [-0.25, -0.2) is 0 Å². The zero-order chi connectivity index (χ0) is 11.0. The monoisotopic (exact) mass is 220 g/mol. The van der Waals surface area contributed by atoms with Gasteiger partial charge in [0.25, 0.3) is 0 Å². The number of rotatable bonds is 7. The molecule has 0 unspecified atom stereocenters. The Morgan fingerprint density at radius 1 is 1.43 bits per heavy atom. The van der Waals surface area contributed by atoms with Crippen molar-refractivity contribution >= 4 is 14.8 Å². The number of aliphatic hydroxyl groups is 1. The van der Waals surface area contributed by atoms with Crippen molar-refractivity contribution in [1.82, 2.24) is 0 Å². The average Bonchev–Trinajstić information content (AvgIpc) is 2.18. The van der Waals surface area contributed by atoms with Gasteiger partial charge < -0.3 is 18.4 Å². The van der Waals surface area contributed by atoms with Crippen LogP contribution in [0.2, 0.25) is 0 Å². The molecule has 0 aromatic rings. The van der Waals surface area contributed by atoms with E-state index in [1.54, 1.807) is 13.8 Å². The van der Waals surface area contributed by atoms with Gasteiger partial charge in [0.05, 0.1) is 0 Å². The molecule has 5 nitrogen and oxygen atoms in total. The van der Waals surface area contributed by atoms with E-state index < -0.39 is 21.4 Å². The highest BCUT2D eigenvalue weighted by molar-refractivity contribution is 6.67. The minimum Gasteiger partial charge on any atom is -0.469 e. The van der Waals surface area contributed by atoms with Crippen LogP contribution < -0.4 is 0 Å². The third-order valence-electron chi connectivity index (χ3n) is 1.33. The molecule has 0 rings (SSSR count). The number of hydrogen-bond acceptors (Lipinski definition) is 5. The van der Waals surface area contributed by atoms with Crippen LogP contribution in [0.25, 0.3) is 0 Å². The van der Waals surface area contributed by atoms with Gasteiger partial charge in [0, 0.05) is 13.2 Å². The van der Waals surface area contributed by atoms with Crippen molar-refractivity contribution in [3.8, 4) is 0 Å². The lowest BCUT2D eigenvalue weighted by Gasteiger charge is -2.24. The molecule has 82 valence electrons. The Labute approximate surface area is 84.7 Å². The Balaban J connectivity index is 4.47. The first-order valence-corrected chi connectivity index (χ1v) is 6.18. The van der Waals surface area contributed by atoms with Crippen LogP contribution in [0, 0.1) is 0 Å². The highest BCUT2D eigenvalue weighted by atomic mass is 28.4. The van der Waals surface area contributed by atoms with Crippen molar-refractivity contribution < 1.29 is 23.2 Å². The van der Waals surface area contributed by atoms with Crippen molar-refractivity contribution in [2.45, 2.75) is 13.8 Å². The lowest BCUT2D eigenvalue weighted by molar-refractivity contribution is -0.142. The summed E-state index contributed by atoms with van der Waals surface area (Å²) in [6, 6.07) is 0. The van der Waals surface area contributed by atoms with E-state index in [1.165, 1.54) is 5.70 Å². The molecule has 0 saturated heterocycles. The molecule has 0 aliphatic heterocycles. The number of aliphatic hydroxyl groups excluding tert-OH is 1. The number of carbonyl (C=O) groups excluding carboxylic acids is 1. The van der Waals surface area contributed by atoms with E-state index in [0.29, 0.717) is 13.2 Å². The molecule has 0 aliphatic carbocycles. The van der Waals surface area contributed by atoms with Crippen LogP contribution in [0.15, 0.2) is 12.3 Å². The van der Waals surface area contributed by atoms with Crippen LogP contribution in [0.1, 0.15) is 13.8 Å². The lowest BCUT2D eigenvalue weighted by Crippen LogP contribution is -2.46. The Hall–Kier alpha value is -0.693. The van der Waals surface area contributed by atoms with Gasteiger partial charge >= 0.3 is 14.8 Å². The minimum absolute atomic E-state index is 0.358. The summed E-state index contributed by atoms with van der Waals surface area (Å²) in [5, 5.41) is 8.53. The maximum absolute atomic E-state index is 10.9. The van der Waals surface area contributed by atoms with Gasteiger partial charge in [0.15, 0.2) is 0 Å². The van der Waals surface area contributed by atoms with Crippen molar-refractivity contribution in [2.24, 2.45) is 0 Å². The summed E-state index contributed by atoms with van der Waals surface area (Å²) in [5.74, 6) is -0.765. The zero-order valence-electron chi connectivity index (χ0n) is 8.49. The molecule has 0 heterocycles. The molecule has 0 bridgehead atoms. The molecular formula is C8H16O5Si. The Morgan fingerprint density at radius 3 is 2.21 bits per heavy atom. The predicted molar refractivity (Wildman–Crippen MR) is 52.4 cm³/mol. The second-order valence-corrected chi connectivity index (χ2v) is 4.70. The normalized spacial score (nSPS) is 11.1. The van der Waals surface area contributed by atoms with Gasteiger partial charge in [-0.15, -0.1) is 0 Å². The first-order chi connectivity index (χ1) is 6.64. The maximum atomic E-state index is 10.9. The Kier molecular flexibility index (Phi) is 6.38. The third-order valence-corrected chi connectivity index (χ3v) is 3.72. The van der Waals surface area contributed by atoms with Crippen molar-refractivity contribution in [2.75, 3.05) is 19.8 Å². The highest BCUT2D eigenvalue weighted by Crippen LogP contribution is 2.11. The minimum atomic E-state index is -3.10. The molecule has 6 heteroatoms. The van der Waals surface area contributed by atoms with Crippen molar-refractivity contribution in [3.05, 3.63) is 12.3 Å². The number of hydrogen-bond donors (Lipinski definition) is 1. The van der Waals surface area contributed by atoms with E-state index >= 15 is 0 Å². The molecular weight excluding hydrogens is 204 g/mol. The molecule has 0 fully saturated rings. The predicted octanol–water partition coefficient (Wildman–Crippen LogP) is 0.259. The van der Waals surface area contributed by atoms with Gasteiger partial charge in [-0.2, -0.15) is 0 Å². The molecule has 0 spiro atoms. The van der Waals surface area contributed by atoms with Crippen LogP contribution in [0.5, 0.6) is 0 Å². The SMILES string of the molecule is C=C[Si](OCC)(OCC)OC(=O)CO. The highest BCUT2D eigenvalue weighted by Gasteiger charge is 2.41. The summed E-state index contributed by atoms with van der Waals surface area (Å²) in [7, 11) is -3.10. The number of carbonyl (C=O) groups is 1. The molecule has 0 radical (unpaired) electrons. The molecule has 0 saturated carbocycles. The fourth-order valence-electron chi connectivity index (χ4n) is 0.853. The first kappa shape index (κ1) is 13.3. The van der Waals surface area contributed by atoms with Gasteiger partial charge in [-0.1, -0.05) is 6.58 Å². The summed E-state index contributed by atoms with van der Waals surface area (Å²) in [4.78, 5) is 10.9. The summed E-state index contributed by atoms with van der Waals surface area (Å²) in [5.41, 5.74) is 1.37. The van der Waals surface area contributed by atoms with E-state index in [0.717, 1.165) is 0 Å². The summed E-state index contributed by atoms with van der Waals surface area (Å²) in [6.45, 7) is 7.06. The standard InChI is InChI=1S/C8H16O5Si/c1-4-11-14(6-3,12-5-2)13-8(10)7-9/h6,9H,3-5,7H2,1-2H3. The van der Waals surface area contributed by atoms with Gasteiger partial charge in [0.2, 0.25) is 0 Å². The fourth-order valence-corrected chi connectivity index (χ4v) is 2.56. The Morgan fingerprint density at radius 2 is 1.93 bits per heavy atom. The zero-order valence-corrected chi connectivity index (χ0v) is 9.49. The largest absolute Gasteiger partial charge is 0.596 e. The van der Waals surface area contributed by atoms with E-state index in [-0.39, 0.29) is 0 Å². The molecule has 0 aromatic heterocycles. The van der Waals surface area contributed by atoms with Gasteiger partial charge in [-0.05, 0) is 19.5 Å². The van der Waals surface area contributed by atoms with Crippen LogP contribution in [0.4, 0.5) is 0 Å². The molecule has 0 aliphatic rings. The second-order valence-electron chi connectivity index (χ2n) is 2.31. The molecule has 0 aromatic carbocycles. The Bertz CT molecular complexity index is 188. The average molecular weight is 220 g/mol. The van der Waals surface area contributed by atoms with Crippen LogP contribution in [0.3, 0.4) is 0 Å². The summed E-state index contributed by atoms with van der Waals surface area (Å²) in [6.07, 6.45) is 0. The van der Waals surface area contributed by atoms with Crippen LogP contribution in [-0.4, -0.2) is 39.7 Å². The van der Waals surface area contributed by atoms with E-state index in [9.17, 15) is 4.79 Å². The molecule has 0 atom stereocenters. The van der Waals surface area contributed by atoms with E-state index in [4.69, 9.17) is 18.4 Å². The smallest absolute Gasteiger partial charge is 0.469 e. The molecule has 0 amide bonds. The topological polar surface area (TPSA) is 65.0 Å². The van der Waals surface area contributed by atoms with Gasteiger partial charge in [0.1, 0.15) is 6.61 Å². The second kappa shape index (κ2) is 6.72. The molecule has 1 N–H and O–H groups in total. The van der Waals surface area contributed by atoms with E-state index in [2.05, 4.69) is 6.58 Å². The third kappa shape index (κ3) is 4.01. The van der Waals surface area contributed by atoms with Crippen molar-refractivity contribution in [3.63, 3.8) is 0 Å². The molecule has 14 heavy (non-hydrogen) atoms. The van der Waals surface area contributed by atoms with Gasteiger partial charge in [-0.3, -0.25) is 4.79 Å². The maximum Gasteiger partial charge on any atom is 0.596 e. The van der Waals surface area contributed by atoms with Crippen LogP contribution >= 0.6 is 0 Å². The van der Waals surface area contributed by atoms with Crippen molar-refractivity contribution in [1.29, 1.82) is 0 Å². The van der Waals surface area contributed by atoms with Crippen LogP contribution in [-0.2, 0) is 18.1 Å². The first-order valence-electron chi connectivity index (χ1n) is 4.38. The summed E-state index contributed by atoms with van der Waals surface area (Å²) < 4.78 is 15.4. The summed E-state index contributed by atoms with van der Waals surface area (Å²) >= 11 is 0. The quantitative estimate of drug-likeness (QED) is 0.623. The lowest BCUT2D eigenvalue weighted by atomic mass is 10.8. The van der Waals surface area contributed by atoms with E-state index in [1.807, 2.05) is 0 Å².